The van der Waals surface area contributed by atoms with Crippen molar-refractivity contribution in [3.63, 3.8) is 0 Å². The summed E-state index contributed by atoms with van der Waals surface area (Å²) in [5.41, 5.74) is 6.54. The number of rotatable bonds is 3. The largest absolute Gasteiger partial charge is 0.368 e. The number of thiazole rings is 1. The first-order valence-corrected chi connectivity index (χ1v) is 9.61. The molecule has 2 N–H and O–H groups in total. The molecule has 2 aliphatic rings. The van der Waals surface area contributed by atoms with Crippen LogP contribution in [0.2, 0.25) is 0 Å². The van der Waals surface area contributed by atoms with Gasteiger partial charge in [-0.25, -0.2) is 9.37 Å². The number of aromatic nitrogens is 1. The second-order valence-corrected chi connectivity index (χ2v) is 8.28. The standard InChI is InChI=1S/C19H20FN3O2S/c1-10-22-15(17(26-10)11-4-2-6-13(20)8-11)19(25)23-9-12-5-3-7-14(12)16(23)18(21)24/h2,4,6,8,12,14,16H,3,5,7,9H2,1H3,(H2,21,24)/t12-,14-,16-/m0/s1. The van der Waals surface area contributed by atoms with Crippen molar-refractivity contribution < 1.29 is 14.0 Å². The second kappa shape index (κ2) is 6.46. The second-order valence-electron chi connectivity index (χ2n) is 7.08. The maximum atomic E-state index is 13.6. The fraction of sp³-hybridized carbons (Fsp3) is 0.421. The molecule has 4 rings (SSSR count). The summed E-state index contributed by atoms with van der Waals surface area (Å²) in [5.74, 6) is -0.626. The maximum absolute atomic E-state index is 13.6. The van der Waals surface area contributed by atoms with Crippen LogP contribution >= 0.6 is 11.3 Å². The molecule has 2 heterocycles. The van der Waals surface area contributed by atoms with Gasteiger partial charge in [0.25, 0.3) is 5.91 Å². The van der Waals surface area contributed by atoms with Gasteiger partial charge in [-0.05, 0) is 49.3 Å². The predicted octanol–water partition coefficient (Wildman–Crippen LogP) is 2.98. The van der Waals surface area contributed by atoms with Crippen LogP contribution in [0.3, 0.4) is 0 Å². The molecule has 2 fully saturated rings. The van der Waals surface area contributed by atoms with Crippen LogP contribution in [0.5, 0.6) is 0 Å². The summed E-state index contributed by atoms with van der Waals surface area (Å²) in [7, 11) is 0. The van der Waals surface area contributed by atoms with Crippen LogP contribution in [-0.4, -0.2) is 34.3 Å². The van der Waals surface area contributed by atoms with Gasteiger partial charge in [0.15, 0.2) is 0 Å². The molecule has 0 unspecified atom stereocenters. The molecule has 0 spiro atoms. The quantitative estimate of drug-likeness (QED) is 0.899. The highest BCUT2D eigenvalue weighted by atomic mass is 32.1. The average Bonchev–Trinajstić information content (AvgIpc) is 3.27. The number of primary amides is 1. The van der Waals surface area contributed by atoms with Crippen molar-refractivity contribution in [3.8, 4) is 10.4 Å². The highest BCUT2D eigenvalue weighted by Gasteiger charge is 2.49. The summed E-state index contributed by atoms with van der Waals surface area (Å²) >= 11 is 1.35. The number of nitrogens with two attached hydrogens (primary N) is 1. The summed E-state index contributed by atoms with van der Waals surface area (Å²) in [6.45, 7) is 2.35. The number of amides is 2. The van der Waals surface area contributed by atoms with Crippen LogP contribution in [0.25, 0.3) is 10.4 Å². The molecule has 0 bridgehead atoms. The molecule has 7 heteroatoms. The molecule has 26 heavy (non-hydrogen) atoms. The van der Waals surface area contributed by atoms with Gasteiger partial charge in [0, 0.05) is 6.54 Å². The van der Waals surface area contributed by atoms with Gasteiger partial charge in [-0.2, -0.15) is 0 Å². The van der Waals surface area contributed by atoms with Gasteiger partial charge in [-0.1, -0.05) is 18.6 Å². The van der Waals surface area contributed by atoms with E-state index in [2.05, 4.69) is 4.98 Å². The van der Waals surface area contributed by atoms with E-state index in [0.717, 1.165) is 24.3 Å². The van der Waals surface area contributed by atoms with E-state index >= 15 is 0 Å². The summed E-state index contributed by atoms with van der Waals surface area (Å²) in [6, 6.07) is 5.56. The van der Waals surface area contributed by atoms with E-state index in [1.54, 1.807) is 17.0 Å². The fourth-order valence-electron chi connectivity index (χ4n) is 4.41. The number of hydrogen-bond donors (Lipinski definition) is 1. The van der Waals surface area contributed by atoms with Crippen molar-refractivity contribution in [2.24, 2.45) is 17.6 Å². The Morgan fingerprint density at radius 2 is 2.15 bits per heavy atom. The lowest BCUT2D eigenvalue weighted by Gasteiger charge is -2.25. The van der Waals surface area contributed by atoms with E-state index in [0.29, 0.717) is 22.9 Å². The number of halogens is 1. The van der Waals surface area contributed by atoms with Crippen molar-refractivity contribution in [1.82, 2.24) is 9.88 Å². The third-order valence-electron chi connectivity index (χ3n) is 5.47. The Kier molecular flexibility index (Phi) is 4.26. The Labute approximate surface area is 155 Å². The predicted molar refractivity (Wildman–Crippen MR) is 97.1 cm³/mol. The number of nitrogens with zero attached hydrogens (tertiary/aromatic N) is 2. The average molecular weight is 373 g/mol. The number of benzene rings is 1. The Balaban J connectivity index is 1.72. The molecule has 1 saturated carbocycles. The van der Waals surface area contributed by atoms with Crippen molar-refractivity contribution in [3.05, 3.63) is 40.8 Å². The zero-order valence-electron chi connectivity index (χ0n) is 14.4. The summed E-state index contributed by atoms with van der Waals surface area (Å²) in [5, 5.41) is 0.725. The molecule has 2 aromatic rings. The van der Waals surface area contributed by atoms with E-state index < -0.39 is 11.9 Å². The van der Waals surface area contributed by atoms with Crippen LogP contribution in [0.15, 0.2) is 24.3 Å². The molecule has 2 amide bonds. The highest BCUT2D eigenvalue weighted by molar-refractivity contribution is 7.15. The summed E-state index contributed by atoms with van der Waals surface area (Å²) < 4.78 is 13.6. The zero-order valence-corrected chi connectivity index (χ0v) is 15.3. The van der Waals surface area contributed by atoms with E-state index in [-0.39, 0.29) is 23.3 Å². The minimum Gasteiger partial charge on any atom is -0.368 e. The van der Waals surface area contributed by atoms with Gasteiger partial charge >= 0.3 is 0 Å². The van der Waals surface area contributed by atoms with E-state index in [4.69, 9.17) is 5.73 Å². The minimum atomic E-state index is -0.572. The molecule has 1 aliphatic heterocycles. The smallest absolute Gasteiger partial charge is 0.274 e. The van der Waals surface area contributed by atoms with Crippen LogP contribution in [-0.2, 0) is 4.79 Å². The minimum absolute atomic E-state index is 0.147. The topological polar surface area (TPSA) is 76.3 Å². The van der Waals surface area contributed by atoms with E-state index in [9.17, 15) is 14.0 Å². The molecule has 3 atom stereocenters. The van der Waals surface area contributed by atoms with Crippen molar-refractivity contribution in [2.45, 2.75) is 32.2 Å². The molecule has 1 aromatic carbocycles. The monoisotopic (exact) mass is 373 g/mol. The molecule has 1 saturated heterocycles. The molecule has 136 valence electrons. The number of aryl methyl sites for hydroxylation is 1. The number of carbonyl (C=O) groups excluding carboxylic acids is 2. The lowest BCUT2D eigenvalue weighted by molar-refractivity contribution is -0.122. The lowest BCUT2D eigenvalue weighted by Crippen LogP contribution is -2.46. The molecular weight excluding hydrogens is 353 g/mol. The van der Waals surface area contributed by atoms with Crippen molar-refractivity contribution >= 4 is 23.2 Å². The summed E-state index contributed by atoms with van der Waals surface area (Å²) in [4.78, 5) is 31.9. The Bertz CT molecular complexity index is 881. The van der Waals surface area contributed by atoms with Crippen molar-refractivity contribution in [2.75, 3.05) is 6.54 Å². The molecule has 1 aliphatic carbocycles. The van der Waals surface area contributed by atoms with Gasteiger partial charge < -0.3 is 10.6 Å². The normalized spacial score (nSPS) is 24.7. The number of carbonyl (C=O) groups is 2. The molecule has 0 radical (unpaired) electrons. The van der Waals surface area contributed by atoms with Crippen LogP contribution in [0.1, 0.15) is 34.8 Å². The first-order chi connectivity index (χ1) is 12.5. The summed E-state index contributed by atoms with van der Waals surface area (Å²) in [6.07, 6.45) is 3.02. The van der Waals surface area contributed by atoms with Crippen LogP contribution < -0.4 is 5.73 Å². The Morgan fingerprint density at radius 3 is 2.88 bits per heavy atom. The van der Waals surface area contributed by atoms with Crippen LogP contribution in [0, 0.1) is 24.6 Å². The van der Waals surface area contributed by atoms with E-state index in [1.165, 1.54) is 23.5 Å². The number of hydrogen-bond acceptors (Lipinski definition) is 4. The van der Waals surface area contributed by atoms with Gasteiger partial charge in [0.2, 0.25) is 5.91 Å². The zero-order chi connectivity index (χ0) is 18.4. The number of likely N-dealkylation sites (tertiary alicyclic amines) is 1. The van der Waals surface area contributed by atoms with Crippen LogP contribution in [0.4, 0.5) is 4.39 Å². The Hall–Kier alpha value is -2.28. The molecule has 5 nitrogen and oxygen atoms in total. The highest BCUT2D eigenvalue weighted by Crippen LogP contribution is 2.43. The van der Waals surface area contributed by atoms with E-state index in [1.807, 2.05) is 6.92 Å². The van der Waals surface area contributed by atoms with Gasteiger partial charge in [-0.15, -0.1) is 11.3 Å². The van der Waals surface area contributed by atoms with Gasteiger partial charge in [0.05, 0.1) is 9.88 Å². The number of fused-ring (bicyclic) bond motifs is 1. The van der Waals surface area contributed by atoms with Gasteiger partial charge in [0.1, 0.15) is 17.6 Å². The third kappa shape index (κ3) is 2.80. The van der Waals surface area contributed by atoms with Crippen molar-refractivity contribution in [1.29, 1.82) is 0 Å². The fourth-order valence-corrected chi connectivity index (χ4v) is 5.32. The molecular formula is C19H20FN3O2S. The Morgan fingerprint density at radius 1 is 1.35 bits per heavy atom. The SMILES string of the molecule is Cc1nc(C(=O)N2C[C@@H]3CCC[C@@H]3[C@H]2C(N)=O)c(-c2cccc(F)c2)s1. The first kappa shape index (κ1) is 17.1. The maximum Gasteiger partial charge on any atom is 0.274 e. The van der Waals surface area contributed by atoms with Gasteiger partial charge in [-0.3, -0.25) is 9.59 Å². The third-order valence-corrected chi connectivity index (χ3v) is 6.49. The lowest BCUT2D eigenvalue weighted by atomic mass is 9.93. The first-order valence-electron chi connectivity index (χ1n) is 8.79. The molecule has 1 aromatic heterocycles.